The Kier molecular flexibility index (Phi) is 6.34. The summed E-state index contributed by atoms with van der Waals surface area (Å²) in [6.45, 7) is 4.24. The third-order valence-corrected chi connectivity index (χ3v) is 8.98. The van der Waals surface area contributed by atoms with E-state index in [1.54, 1.807) is 24.3 Å². The summed E-state index contributed by atoms with van der Waals surface area (Å²) in [7, 11) is -6.66. The molecule has 0 bridgehead atoms. The maximum Gasteiger partial charge on any atom is 0.218 e. The van der Waals surface area contributed by atoms with Gasteiger partial charge in [0.05, 0.1) is 16.8 Å². The molecule has 1 saturated heterocycles. The Labute approximate surface area is 150 Å². The van der Waals surface area contributed by atoms with E-state index in [0.717, 1.165) is 0 Å². The summed E-state index contributed by atoms with van der Waals surface area (Å²) in [4.78, 5) is 0. The van der Waals surface area contributed by atoms with E-state index in [2.05, 4.69) is 0 Å². The highest BCUT2D eigenvalue weighted by Crippen LogP contribution is 2.25. The van der Waals surface area contributed by atoms with Crippen molar-refractivity contribution in [2.45, 2.75) is 37.7 Å². The van der Waals surface area contributed by atoms with Gasteiger partial charge in [0.1, 0.15) is 0 Å². The average Bonchev–Trinajstić information content (AvgIpc) is 2.48. The molecule has 1 aliphatic heterocycles. The number of benzene rings is 1. The monoisotopic (exact) mass is 393 g/mol. The van der Waals surface area contributed by atoms with Gasteiger partial charge in [0.15, 0.2) is 9.84 Å². The fourth-order valence-corrected chi connectivity index (χ4v) is 6.98. The summed E-state index contributed by atoms with van der Waals surface area (Å²) in [6, 6.07) is 6.86. The summed E-state index contributed by atoms with van der Waals surface area (Å²) < 4.78 is 51.1. The van der Waals surface area contributed by atoms with Crippen LogP contribution in [0.3, 0.4) is 0 Å². The average molecular weight is 394 g/mol. The lowest BCUT2D eigenvalue weighted by Gasteiger charge is -2.31. The minimum atomic E-state index is -3.50. The predicted molar refractivity (Wildman–Crippen MR) is 97.3 cm³/mol. The van der Waals surface area contributed by atoms with Crippen LogP contribution in [0, 0.1) is 5.92 Å². The van der Waals surface area contributed by atoms with Crippen molar-refractivity contribution in [2.24, 2.45) is 5.92 Å². The molecule has 0 aromatic heterocycles. The van der Waals surface area contributed by atoms with Crippen molar-refractivity contribution < 1.29 is 16.8 Å². The Morgan fingerprint density at radius 2 is 1.71 bits per heavy atom. The van der Waals surface area contributed by atoms with Gasteiger partial charge in [-0.05, 0) is 30.4 Å². The molecule has 1 fully saturated rings. The molecular weight excluding hydrogens is 370 g/mol. The molecule has 1 aliphatic rings. The Balaban J connectivity index is 2.02. The molecule has 1 heterocycles. The van der Waals surface area contributed by atoms with Crippen LogP contribution in [0.4, 0.5) is 0 Å². The van der Waals surface area contributed by atoms with Gasteiger partial charge in [-0.25, -0.2) is 21.1 Å². The molecule has 1 aromatic rings. The molecule has 1 aromatic carbocycles. The molecule has 136 valence electrons. The summed E-state index contributed by atoms with van der Waals surface area (Å²) in [6.07, 6.45) is 0.716. The first-order valence-electron chi connectivity index (χ1n) is 8.04. The van der Waals surface area contributed by atoms with Gasteiger partial charge in [-0.1, -0.05) is 43.6 Å². The first kappa shape index (κ1) is 19.7. The lowest BCUT2D eigenvalue weighted by molar-refractivity contribution is 0.344. The molecule has 24 heavy (non-hydrogen) atoms. The van der Waals surface area contributed by atoms with E-state index in [1.807, 2.05) is 13.8 Å². The first-order valence-corrected chi connectivity index (χ1v) is 11.7. The lowest BCUT2D eigenvalue weighted by atomic mass is 10.2. The number of nitrogens with zero attached hydrogens (tertiary/aromatic N) is 1. The quantitative estimate of drug-likeness (QED) is 0.744. The van der Waals surface area contributed by atoms with Crippen LogP contribution in [0.5, 0.6) is 0 Å². The molecule has 5 nitrogen and oxygen atoms in total. The normalized spacial score (nSPS) is 18.2. The van der Waals surface area contributed by atoms with Gasteiger partial charge < -0.3 is 0 Å². The summed E-state index contributed by atoms with van der Waals surface area (Å²) in [5.41, 5.74) is 0.564. The highest BCUT2D eigenvalue weighted by molar-refractivity contribution is 7.92. The summed E-state index contributed by atoms with van der Waals surface area (Å²) in [5.74, 6) is 0.0807. The van der Waals surface area contributed by atoms with Gasteiger partial charge in [0.2, 0.25) is 10.0 Å². The molecule has 2 rings (SSSR count). The lowest BCUT2D eigenvalue weighted by Crippen LogP contribution is -2.43. The van der Waals surface area contributed by atoms with Crippen LogP contribution in [0.1, 0.15) is 32.3 Å². The molecule has 0 saturated carbocycles. The zero-order valence-corrected chi connectivity index (χ0v) is 16.4. The Morgan fingerprint density at radius 3 is 2.25 bits per heavy atom. The second kappa shape index (κ2) is 7.72. The van der Waals surface area contributed by atoms with Crippen LogP contribution in [0.25, 0.3) is 0 Å². The van der Waals surface area contributed by atoms with Crippen molar-refractivity contribution in [3.63, 3.8) is 0 Å². The van der Waals surface area contributed by atoms with E-state index in [-0.39, 0.29) is 30.5 Å². The van der Waals surface area contributed by atoms with E-state index < -0.39 is 25.1 Å². The summed E-state index contributed by atoms with van der Waals surface area (Å²) in [5, 5.41) is -0.0119. The Bertz CT molecular complexity index is 767. The number of hydrogen-bond acceptors (Lipinski definition) is 4. The van der Waals surface area contributed by atoms with E-state index in [9.17, 15) is 16.8 Å². The maximum atomic E-state index is 12.6. The van der Waals surface area contributed by atoms with Crippen molar-refractivity contribution in [1.29, 1.82) is 0 Å². The number of hydrogen-bond donors (Lipinski definition) is 0. The third-order valence-electron chi connectivity index (χ3n) is 4.16. The molecule has 0 radical (unpaired) electrons. The van der Waals surface area contributed by atoms with Crippen molar-refractivity contribution in [2.75, 3.05) is 18.8 Å². The predicted octanol–water partition coefficient (Wildman–Crippen LogP) is 2.71. The Hall–Kier alpha value is -0.630. The van der Waals surface area contributed by atoms with Crippen LogP contribution in [0.2, 0.25) is 5.02 Å². The second-order valence-electron chi connectivity index (χ2n) is 6.67. The van der Waals surface area contributed by atoms with Gasteiger partial charge in [0, 0.05) is 18.1 Å². The van der Waals surface area contributed by atoms with Gasteiger partial charge in [-0.3, -0.25) is 0 Å². The van der Waals surface area contributed by atoms with Crippen LogP contribution >= 0.6 is 11.6 Å². The fraction of sp³-hybridized carbons (Fsp3) is 0.625. The smallest absolute Gasteiger partial charge is 0.218 e. The fourth-order valence-electron chi connectivity index (χ4n) is 2.97. The molecular formula is C16H24ClNO4S2. The largest absolute Gasteiger partial charge is 0.229 e. The van der Waals surface area contributed by atoms with Gasteiger partial charge >= 0.3 is 0 Å². The molecule has 0 atom stereocenters. The van der Waals surface area contributed by atoms with Crippen LogP contribution in [-0.2, 0) is 25.6 Å². The van der Waals surface area contributed by atoms with Crippen molar-refractivity contribution in [3.05, 3.63) is 34.9 Å². The SMILES string of the molecule is CC(C)CS(=O)(=O)C1CCN(S(=O)(=O)Cc2ccccc2Cl)CC1. The minimum absolute atomic E-state index is 0.0805. The van der Waals surface area contributed by atoms with Gasteiger partial charge in [0.25, 0.3) is 0 Å². The number of sulfonamides is 1. The number of rotatable bonds is 6. The molecule has 0 unspecified atom stereocenters. The van der Waals surface area contributed by atoms with Crippen LogP contribution in [-0.4, -0.2) is 45.2 Å². The van der Waals surface area contributed by atoms with Crippen molar-refractivity contribution in [3.8, 4) is 0 Å². The molecule has 8 heteroatoms. The number of sulfone groups is 1. The molecule has 0 aliphatic carbocycles. The third kappa shape index (κ3) is 4.94. The van der Waals surface area contributed by atoms with Crippen molar-refractivity contribution in [1.82, 2.24) is 4.31 Å². The highest BCUT2D eigenvalue weighted by Gasteiger charge is 2.34. The maximum absolute atomic E-state index is 12.6. The standard InChI is InChI=1S/C16H24ClNO4S2/c1-13(2)11-23(19,20)15-7-9-18(10-8-15)24(21,22)12-14-5-3-4-6-16(14)17/h3-6,13,15H,7-12H2,1-2H3. The second-order valence-corrected chi connectivity index (χ2v) is 11.4. The first-order chi connectivity index (χ1) is 11.1. The summed E-state index contributed by atoms with van der Waals surface area (Å²) >= 11 is 6.04. The highest BCUT2D eigenvalue weighted by atomic mass is 35.5. The van der Waals surface area contributed by atoms with E-state index in [0.29, 0.717) is 23.4 Å². The van der Waals surface area contributed by atoms with E-state index in [4.69, 9.17) is 11.6 Å². The topological polar surface area (TPSA) is 71.5 Å². The van der Waals surface area contributed by atoms with Crippen LogP contribution < -0.4 is 0 Å². The Morgan fingerprint density at radius 1 is 1.12 bits per heavy atom. The number of halogens is 1. The van der Waals surface area contributed by atoms with Crippen molar-refractivity contribution >= 4 is 31.5 Å². The minimum Gasteiger partial charge on any atom is -0.229 e. The molecule has 0 N–H and O–H groups in total. The van der Waals surface area contributed by atoms with E-state index in [1.165, 1.54) is 4.31 Å². The van der Waals surface area contributed by atoms with Gasteiger partial charge in [-0.2, -0.15) is 0 Å². The van der Waals surface area contributed by atoms with Crippen LogP contribution in [0.15, 0.2) is 24.3 Å². The zero-order valence-electron chi connectivity index (χ0n) is 14.0. The van der Waals surface area contributed by atoms with E-state index >= 15 is 0 Å². The molecule has 0 amide bonds. The number of piperidine rings is 1. The van der Waals surface area contributed by atoms with Gasteiger partial charge in [-0.15, -0.1) is 0 Å². The zero-order chi connectivity index (χ0) is 18.0. The molecule has 0 spiro atoms.